The number of carbonyl (C=O) groups excluding carboxylic acids is 1. The molecule has 1 amide bonds. The third kappa shape index (κ3) is 2.11. The fraction of sp³-hybridized carbons (Fsp3) is 0.231. The highest BCUT2D eigenvalue weighted by molar-refractivity contribution is 5.97. The zero-order valence-corrected chi connectivity index (χ0v) is 9.11. The summed E-state index contributed by atoms with van der Waals surface area (Å²) in [6.07, 6.45) is 3.61. The average Bonchev–Trinajstić information content (AvgIpc) is 3.12. The highest BCUT2D eigenvalue weighted by Crippen LogP contribution is 2.20. The van der Waals surface area contributed by atoms with Gasteiger partial charge in [-0.2, -0.15) is 0 Å². The van der Waals surface area contributed by atoms with Gasteiger partial charge < -0.3 is 5.32 Å². The molecule has 1 heterocycles. The van der Waals surface area contributed by atoms with Crippen LogP contribution in [-0.4, -0.2) is 16.9 Å². The molecule has 0 unspecified atom stereocenters. The lowest BCUT2D eigenvalue weighted by Gasteiger charge is -2.04. The summed E-state index contributed by atoms with van der Waals surface area (Å²) in [6.45, 7) is 0. The van der Waals surface area contributed by atoms with Crippen molar-refractivity contribution in [1.82, 2.24) is 10.3 Å². The summed E-state index contributed by atoms with van der Waals surface area (Å²) in [5.41, 5.74) is 1.17. The molecule has 17 heavy (non-hydrogen) atoms. The van der Waals surface area contributed by atoms with Crippen molar-refractivity contribution in [3.63, 3.8) is 0 Å². The number of hydrogen-bond donors (Lipinski definition) is 1. The van der Waals surface area contributed by atoms with Gasteiger partial charge in [0.25, 0.3) is 5.91 Å². The van der Waals surface area contributed by atoms with Gasteiger partial charge in [-0.05, 0) is 37.1 Å². The number of hydrogen-bond acceptors (Lipinski definition) is 2. The lowest BCUT2D eigenvalue weighted by atomic mass is 10.1. The number of nitrogens with zero attached hydrogens (tertiary/aromatic N) is 1. The maximum atomic E-state index is 13.1. The Morgan fingerprint density at radius 3 is 2.94 bits per heavy atom. The fourth-order valence-corrected chi connectivity index (χ4v) is 1.72. The fourth-order valence-electron chi connectivity index (χ4n) is 1.72. The van der Waals surface area contributed by atoms with Crippen LogP contribution >= 0.6 is 0 Å². The zero-order valence-electron chi connectivity index (χ0n) is 9.11. The summed E-state index contributed by atoms with van der Waals surface area (Å²) < 4.78 is 13.1. The van der Waals surface area contributed by atoms with Crippen molar-refractivity contribution >= 4 is 16.8 Å². The first-order chi connectivity index (χ1) is 8.22. The van der Waals surface area contributed by atoms with E-state index in [1.807, 2.05) is 0 Å². The average molecular weight is 230 g/mol. The predicted octanol–water partition coefficient (Wildman–Crippen LogP) is 2.27. The maximum absolute atomic E-state index is 13.1. The molecule has 0 spiro atoms. The second kappa shape index (κ2) is 3.80. The maximum Gasteiger partial charge on any atom is 0.253 e. The Hall–Kier alpha value is -1.97. The number of nitrogens with one attached hydrogen (secondary N) is 1. The molecule has 1 aliphatic carbocycles. The number of benzene rings is 1. The van der Waals surface area contributed by atoms with Crippen LogP contribution in [0.25, 0.3) is 10.9 Å². The smallest absolute Gasteiger partial charge is 0.253 e. The topological polar surface area (TPSA) is 42.0 Å². The first kappa shape index (κ1) is 10.2. The Morgan fingerprint density at radius 2 is 2.18 bits per heavy atom. The Bertz CT molecular complexity index is 593. The van der Waals surface area contributed by atoms with E-state index in [1.54, 1.807) is 12.1 Å². The lowest BCUT2D eigenvalue weighted by Crippen LogP contribution is -2.25. The van der Waals surface area contributed by atoms with E-state index in [9.17, 15) is 9.18 Å². The summed E-state index contributed by atoms with van der Waals surface area (Å²) in [5, 5.41) is 3.52. The van der Waals surface area contributed by atoms with Gasteiger partial charge in [0.05, 0.1) is 11.1 Å². The molecule has 0 radical (unpaired) electrons. The minimum absolute atomic E-state index is 0.133. The molecular formula is C13H11FN2O. The highest BCUT2D eigenvalue weighted by atomic mass is 19.1. The Balaban J connectivity index is 1.96. The molecule has 1 aliphatic rings. The van der Waals surface area contributed by atoms with Crippen LogP contribution in [0.5, 0.6) is 0 Å². The Morgan fingerprint density at radius 1 is 1.35 bits per heavy atom. The van der Waals surface area contributed by atoms with E-state index in [-0.39, 0.29) is 11.7 Å². The van der Waals surface area contributed by atoms with Crippen LogP contribution in [0.4, 0.5) is 4.39 Å². The minimum Gasteiger partial charge on any atom is -0.349 e. The van der Waals surface area contributed by atoms with Crippen molar-refractivity contribution in [3.05, 3.63) is 41.8 Å². The van der Waals surface area contributed by atoms with E-state index in [0.717, 1.165) is 12.8 Å². The Kier molecular flexibility index (Phi) is 2.28. The second-order valence-electron chi connectivity index (χ2n) is 4.31. The summed E-state index contributed by atoms with van der Waals surface area (Å²) in [5.74, 6) is -0.454. The van der Waals surface area contributed by atoms with Gasteiger partial charge in [-0.3, -0.25) is 9.78 Å². The molecule has 3 rings (SSSR count). The molecular weight excluding hydrogens is 219 g/mol. The first-order valence-corrected chi connectivity index (χ1v) is 5.58. The molecule has 3 nitrogen and oxygen atoms in total. The van der Waals surface area contributed by atoms with Gasteiger partial charge in [0.15, 0.2) is 0 Å². The molecule has 2 aromatic rings. The summed E-state index contributed by atoms with van der Waals surface area (Å²) in [6, 6.07) is 6.33. The number of halogens is 1. The van der Waals surface area contributed by atoms with E-state index in [0.29, 0.717) is 22.5 Å². The van der Waals surface area contributed by atoms with Crippen LogP contribution in [0.1, 0.15) is 23.2 Å². The van der Waals surface area contributed by atoms with Crippen molar-refractivity contribution in [1.29, 1.82) is 0 Å². The van der Waals surface area contributed by atoms with Crippen molar-refractivity contribution < 1.29 is 9.18 Å². The molecule has 4 heteroatoms. The molecule has 0 atom stereocenters. The number of aromatic nitrogens is 1. The molecule has 1 aromatic carbocycles. The molecule has 1 N–H and O–H groups in total. The van der Waals surface area contributed by atoms with Crippen LogP contribution in [-0.2, 0) is 0 Å². The first-order valence-electron chi connectivity index (χ1n) is 5.58. The largest absolute Gasteiger partial charge is 0.349 e. The SMILES string of the molecule is O=C(NC1CC1)c1cnc2ccc(F)cc2c1. The predicted molar refractivity (Wildman–Crippen MR) is 62.2 cm³/mol. The van der Waals surface area contributed by atoms with Crippen LogP contribution in [0.3, 0.4) is 0 Å². The molecule has 1 saturated carbocycles. The van der Waals surface area contributed by atoms with E-state index < -0.39 is 0 Å². The summed E-state index contributed by atoms with van der Waals surface area (Å²) in [7, 11) is 0. The molecule has 0 aliphatic heterocycles. The van der Waals surface area contributed by atoms with Crippen molar-refractivity contribution in [2.24, 2.45) is 0 Å². The summed E-state index contributed by atoms with van der Waals surface area (Å²) >= 11 is 0. The minimum atomic E-state index is -0.320. The van der Waals surface area contributed by atoms with Crippen molar-refractivity contribution in [2.45, 2.75) is 18.9 Å². The van der Waals surface area contributed by atoms with E-state index in [1.165, 1.54) is 18.3 Å². The van der Waals surface area contributed by atoms with Crippen LogP contribution < -0.4 is 5.32 Å². The van der Waals surface area contributed by atoms with Crippen LogP contribution in [0, 0.1) is 5.82 Å². The van der Waals surface area contributed by atoms with E-state index >= 15 is 0 Å². The monoisotopic (exact) mass is 230 g/mol. The molecule has 1 aromatic heterocycles. The van der Waals surface area contributed by atoms with Crippen LogP contribution in [0.2, 0.25) is 0 Å². The quantitative estimate of drug-likeness (QED) is 0.859. The van der Waals surface area contributed by atoms with E-state index in [2.05, 4.69) is 10.3 Å². The van der Waals surface area contributed by atoms with Gasteiger partial charge >= 0.3 is 0 Å². The number of rotatable bonds is 2. The molecule has 86 valence electrons. The molecule has 1 fully saturated rings. The van der Waals surface area contributed by atoms with E-state index in [4.69, 9.17) is 0 Å². The molecule has 0 saturated heterocycles. The zero-order chi connectivity index (χ0) is 11.8. The van der Waals surface area contributed by atoms with Gasteiger partial charge in [-0.1, -0.05) is 0 Å². The van der Waals surface area contributed by atoms with Gasteiger partial charge in [0.2, 0.25) is 0 Å². The van der Waals surface area contributed by atoms with Crippen molar-refractivity contribution in [2.75, 3.05) is 0 Å². The third-order valence-corrected chi connectivity index (χ3v) is 2.82. The van der Waals surface area contributed by atoms with Gasteiger partial charge in [0.1, 0.15) is 5.82 Å². The summed E-state index contributed by atoms with van der Waals surface area (Å²) in [4.78, 5) is 15.9. The third-order valence-electron chi connectivity index (χ3n) is 2.82. The number of carbonyl (C=O) groups is 1. The lowest BCUT2D eigenvalue weighted by molar-refractivity contribution is 0.0951. The standard InChI is InChI=1S/C13H11FN2O/c14-10-1-4-12-8(6-10)5-9(7-15-12)13(17)16-11-2-3-11/h1,4-7,11H,2-3H2,(H,16,17). The van der Waals surface area contributed by atoms with Gasteiger partial charge in [0, 0.05) is 17.6 Å². The second-order valence-corrected chi connectivity index (χ2v) is 4.31. The normalized spacial score (nSPS) is 14.9. The van der Waals surface area contributed by atoms with Gasteiger partial charge in [-0.15, -0.1) is 0 Å². The van der Waals surface area contributed by atoms with Crippen LogP contribution in [0.15, 0.2) is 30.5 Å². The Labute approximate surface area is 97.7 Å². The van der Waals surface area contributed by atoms with Crippen molar-refractivity contribution in [3.8, 4) is 0 Å². The number of amides is 1. The highest BCUT2D eigenvalue weighted by Gasteiger charge is 2.23. The van der Waals surface area contributed by atoms with Gasteiger partial charge in [-0.25, -0.2) is 4.39 Å². The number of fused-ring (bicyclic) bond motifs is 1. The number of pyridine rings is 1. The molecule has 0 bridgehead atoms.